The van der Waals surface area contributed by atoms with E-state index >= 15 is 0 Å². The quantitative estimate of drug-likeness (QED) is 0.342. The van der Waals surface area contributed by atoms with Crippen LogP contribution in [0.15, 0.2) is 36.0 Å². The average Bonchev–Trinajstić information content (AvgIpc) is 2.52. The van der Waals surface area contributed by atoms with Gasteiger partial charge in [0.15, 0.2) is 11.5 Å². The zero-order chi connectivity index (χ0) is 18.9. The van der Waals surface area contributed by atoms with Gasteiger partial charge in [-0.3, -0.25) is 9.59 Å². The summed E-state index contributed by atoms with van der Waals surface area (Å²) in [6.07, 6.45) is 3.06. The van der Waals surface area contributed by atoms with Crippen molar-refractivity contribution in [1.82, 2.24) is 10.7 Å². The lowest BCUT2D eigenvalue weighted by Crippen LogP contribution is -2.47. The highest BCUT2D eigenvalue weighted by molar-refractivity contribution is 6.35. The molecule has 0 saturated heterocycles. The maximum atomic E-state index is 11.7. The maximum Gasteiger partial charge on any atom is 0.329 e. The zero-order valence-electron chi connectivity index (χ0n) is 15.1. The first-order valence-corrected chi connectivity index (χ1v) is 7.93. The standard InChI is InChI=1S/C18H25N3O4/c1-6-10-25-14-9-8-13(11-15(14)24-7-2)12-19-21-17(23)16(22)20-18(3,4)5/h6,8-9,11-12H,1,7,10H2,2-5H3,(H,20,22)(H,21,23)/b19-12-. The third-order valence-corrected chi connectivity index (χ3v) is 2.70. The summed E-state index contributed by atoms with van der Waals surface area (Å²) in [5.74, 6) is -0.424. The number of amides is 2. The number of carbonyl (C=O) groups excluding carboxylic acids is 2. The number of hydrogen-bond donors (Lipinski definition) is 2. The van der Waals surface area contributed by atoms with Crippen LogP contribution < -0.4 is 20.2 Å². The summed E-state index contributed by atoms with van der Waals surface area (Å²) < 4.78 is 11.0. The molecule has 7 heteroatoms. The SMILES string of the molecule is C=CCOc1ccc(/C=N\NC(=O)C(=O)NC(C)(C)C)cc1OCC. The number of nitrogens with one attached hydrogen (secondary N) is 2. The molecule has 2 N–H and O–H groups in total. The molecule has 0 aliphatic rings. The molecule has 0 aromatic heterocycles. The Morgan fingerprint density at radius 3 is 2.52 bits per heavy atom. The normalized spacial score (nSPS) is 11.0. The highest BCUT2D eigenvalue weighted by atomic mass is 16.5. The second-order valence-electron chi connectivity index (χ2n) is 6.14. The molecule has 136 valence electrons. The van der Waals surface area contributed by atoms with E-state index in [9.17, 15) is 9.59 Å². The van der Waals surface area contributed by atoms with Crippen LogP contribution in [0.5, 0.6) is 11.5 Å². The van der Waals surface area contributed by atoms with Crippen LogP contribution in [0.1, 0.15) is 33.3 Å². The monoisotopic (exact) mass is 347 g/mol. The molecule has 0 bridgehead atoms. The molecule has 1 aromatic carbocycles. The second kappa shape index (κ2) is 9.46. The highest BCUT2D eigenvalue weighted by Crippen LogP contribution is 2.28. The van der Waals surface area contributed by atoms with E-state index in [4.69, 9.17) is 9.47 Å². The number of hydrogen-bond acceptors (Lipinski definition) is 5. The highest BCUT2D eigenvalue weighted by Gasteiger charge is 2.19. The van der Waals surface area contributed by atoms with Crippen molar-refractivity contribution in [3.8, 4) is 11.5 Å². The van der Waals surface area contributed by atoms with E-state index in [-0.39, 0.29) is 0 Å². The summed E-state index contributed by atoms with van der Waals surface area (Å²) in [7, 11) is 0. The predicted molar refractivity (Wildman–Crippen MR) is 96.9 cm³/mol. The smallest absolute Gasteiger partial charge is 0.329 e. The van der Waals surface area contributed by atoms with Gasteiger partial charge < -0.3 is 14.8 Å². The number of nitrogens with zero attached hydrogens (tertiary/aromatic N) is 1. The van der Waals surface area contributed by atoms with Crippen LogP contribution in [0.3, 0.4) is 0 Å². The van der Waals surface area contributed by atoms with Gasteiger partial charge in [0.25, 0.3) is 0 Å². The van der Waals surface area contributed by atoms with Crippen molar-refractivity contribution >= 4 is 18.0 Å². The first kappa shape index (κ1) is 20.2. The van der Waals surface area contributed by atoms with E-state index < -0.39 is 17.4 Å². The van der Waals surface area contributed by atoms with Crippen molar-refractivity contribution < 1.29 is 19.1 Å². The molecule has 25 heavy (non-hydrogen) atoms. The Labute approximate surface area is 148 Å². The molecule has 0 spiro atoms. The fourth-order valence-corrected chi connectivity index (χ4v) is 1.75. The fraction of sp³-hybridized carbons (Fsp3) is 0.389. The molecule has 0 aliphatic heterocycles. The van der Waals surface area contributed by atoms with Gasteiger partial charge in [0.1, 0.15) is 6.61 Å². The molecule has 1 rings (SSSR count). The lowest BCUT2D eigenvalue weighted by molar-refractivity contribution is -0.140. The van der Waals surface area contributed by atoms with Gasteiger partial charge in [0, 0.05) is 5.54 Å². The first-order valence-electron chi connectivity index (χ1n) is 7.93. The summed E-state index contributed by atoms with van der Waals surface area (Å²) >= 11 is 0. The Morgan fingerprint density at radius 2 is 1.92 bits per heavy atom. The predicted octanol–water partition coefficient (Wildman–Crippen LogP) is 2.01. The molecule has 0 fully saturated rings. The molecular weight excluding hydrogens is 322 g/mol. The second-order valence-corrected chi connectivity index (χ2v) is 6.14. The van der Waals surface area contributed by atoms with Crippen molar-refractivity contribution in [2.45, 2.75) is 33.2 Å². The zero-order valence-corrected chi connectivity index (χ0v) is 15.1. The minimum Gasteiger partial charge on any atom is -0.490 e. The molecular formula is C18H25N3O4. The van der Waals surface area contributed by atoms with Crippen LogP contribution in [-0.4, -0.2) is 36.8 Å². The number of rotatable bonds is 7. The Hall–Kier alpha value is -2.83. The van der Waals surface area contributed by atoms with Crippen LogP contribution in [0.2, 0.25) is 0 Å². The van der Waals surface area contributed by atoms with Gasteiger partial charge in [0.05, 0.1) is 12.8 Å². The fourth-order valence-electron chi connectivity index (χ4n) is 1.75. The summed E-state index contributed by atoms with van der Waals surface area (Å²) in [5.41, 5.74) is 2.38. The van der Waals surface area contributed by atoms with Crippen LogP contribution in [0.4, 0.5) is 0 Å². The van der Waals surface area contributed by atoms with E-state index in [1.807, 2.05) is 6.92 Å². The Balaban J connectivity index is 2.73. The molecule has 0 aliphatic carbocycles. The van der Waals surface area contributed by atoms with Gasteiger partial charge in [-0.15, -0.1) is 0 Å². The Morgan fingerprint density at radius 1 is 1.20 bits per heavy atom. The molecule has 1 aromatic rings. The number of hydrazone groups is 1. The molecule has 2 amide bonds. The topological polar surface area (TPSA) is 89.0 Å². The van der Waals surface area contributed by atoms with Crippen LogP contribution in [0.25, 0.3) is 0 Å². The molecule has 0 heterocycles. The van der Waals surface area contributed by atoms with Crippen molar-refractivity contribution in [2.24, 2.45) is 5.10 Å². The minimum atomic E-state index is -0.831. The Kier molecular flexibility index (Phi) is 7.65. The number of carbonyl (C=O) groups is 2. The summed E-state index contributed by atoms with van der Waals surface area (Å²) in [5, 5.41) is 6.34. The summed E-state index contributed by atoms with van der Waals surface area (Å²) in [4.78, 5) is 23.3. The van der Waals surface area contributed by atoms with Gasteiger partial charge in [-0.25, -0.2) is 5.43 Å². The lowest BCUT2D eigenvalue weighted by atomic mass is 10.1. The van der Waals surface area contributed by atoms with E-state index in [1.165, 1.54) is 6.21 Å². The van der Waals surface area contributed by atoms with Gasteiger partial charge >= 0.3 is 11.8 Å². The molecule has 0 atom stereocenters. The molecule has 0 unspecified atom stereocenters. The van der Waals surface area contributed by atoms with Crippen molar-refractivity contribution in [3.63, 3.8) is 0 Å². The van der Waals surface area contributed by atoms with E-state index in [0.29, 0.717) is 30.3 Å². The Bertz CT molecular complexity index is 648. The van der Waals surface area contributed by atoms with E-state index in [2.05, 4.69) is 22.4 Å². The first-order chi connectivity index (χ1) is 11.8. The molecule has 0 saturated carbocycles. The van der Waals surface area contributed by atoms with Gasteiger partial charge in [-0.05, 0) is 51.5 Å². The number of benzene rings is 1. The van der Waals surface area contributed by atoms with Gasteiger partial charge in [0.2, 0.25) is 0 Å². The summed E-state index contributed by atoms with van der Waals surface area (Å²) in [6.45, 7) is 11.7. The van der Waals surface area contributed by atoms with Crippen LogP contribution >= 0.6 is 0 Å². The maximum absolute atomic E-state index is 11.7. The number of ether oxygens (including phenoxy) is 2. The van der Waals surface area contributed by atoms with Crippen molar-refractivity contribution in [1.29, 1.82) is 0 Å². The molecule has 7 nitrogen and oxygen atoms in total. The average molecular weight is 347 g/mol. The van der Waals surface area contributed by atoms with Gasteiger partial charge in [-0.1, -0.05) is 12.7 Å². The minimum absolute atomic E-state index is 0.368. The van der Waals surface area contributed by atoms with Crippen molar-refractivity contribution in [3.05, 3.63) is 36.4 Å². The van der Waals surface area contributed by atoms with Gasteiger partial charge in [-0.2, -0.15) is 5.10 Å². The third-order valence-electron chi connectivity index (χ3n) is 2.70. The lowest BCUT2D eigenvalue weighted by Gasteiger charge is -2.19. The van der Waals surface area contributed by atoms with E-state index in [0.717, 1.165) is 0 Å². The largest absolute Gasteiger partial charge is 0.490 e. The third kappa shape index (κ3) is 7.52. The van der Waals surface area contributed by atoms with Crippen LogP contribution in [0, 0.1) is 0 Å². The van der Waals surface area contributed by atoms with Crippen LogP contribution in [-0.2, 0) is 9.59 Å². The summed E-state index contributed by atoms with van der Waals surface area (Å²) in [6, 6.07) is 5.22. The molecule has 0 radical (unpaired) electrons. The van der Waals surface area contributed by atoms with Crippen molar-refractivity contribution in [2.75, 3.05) is 13.2 Å². The van der Waals surface area contributed by atoms with E-state index in [1.54, 1.807) is 45.0 Å².